The summed E-state index contributed by atoms with van der Waals surface area (Å²) in [4.78, 5) is 0. The topological polar surface area (TPSA) is 26.0 Å². The van der Waals surface area contributed by atoms with Gasteiger partial charge >= 0.3 is 0 Å². The van der Waals surface area contributed by atoms with Gasteiger partial charge in [0, 0.05) is 0 Å². The molecule has 1 rings (SSSR count). The lowest BCUT2D eigenvalue weighted by molar-refractivity contribution is 0.292. The minimum Gasteiger partial charge on any atom is -0.330 e. The van der Waals surface area contributed by atoms with E-state index in [9.17, 15) is 0 Å². The molecule has 2 atom stereocenters. The molecule has 1 fully saturated rings. The molecular weight excluding hydrogens is 218 g/mol. The number of nitrogens with two attached hydrogens (primary N) is 1. The first-order valence-electron chi connectivity index (χ1n) is 8.58. The fraction of sp³-hybridized carbons (Fsp3) is 1.00. The van der Waals surface area contributed by atoms with E-state index in [0.29, 0.717) is 0 Å². The summed E-state index contributed by atoms with van der Waals surface area (Å²) in [7, 11) is 0. The summed E-state index contributed by atoms with van der Waals surface area (Å²) in [6.07, 6.45) is 18.7. The van der Waals surface area contributed by atoms with Crippen LogP contribution in [0.4, 0.5) is 0 Å². The summed E-state index contributed by atoms with van der Waals surface area (Å²) in [6, 6.07) is 0. The van der Waals surface area contributed by atoms with Crippen LogP contribution in [0, 0.1) is 11.8 Å². The summed E-state index contributed by atoms with van der Waals surface area (Å²) in [6.45, 7) is 3.22. The monoisotopic (exact) mass is 253 g/mol. The lowest BCUT2D eigenvalue weighted by atomic mass is 9.84. The fourth-order valence-electron chi connectivity index (χ4n) is 3.52. The van der Waals surface area contributed by atoms with Crippen LogP contribution in [0.15, 0.2) is 0 Å². The van der Waals surface area contributed by atoms with E-state index in [1.807, 2.05) is 0 Å². The molecule has 1 aliphatic carbocycles. The Morgan fingerprint density at radius 3 is 2.06 bits per heavy atom. The third kappa shape index (κ3) is 6.78. The Morgan fingerprint density at radius 2 is 1.39 bits per heavy atom. The molecule has 0 bridgehead atoms. The van der Waals surface area contributed by atoms with Crippen LogP contribution in [-0.4, -0.2) is 6.54 Å². The van der Waals surface area contributed by atoms with Crippen molar-refractivity contribution in [2.75, 3.05) is 6.54 Å². The van der Waals surface area contributed by atoms with Crippen LogP contribution in [0.3, 0.4) is 0 Å². The van der Waals surface area contributed by atoms with Crippen molar-refractivity contribution in [1.82, 2.24) is 0 Å². The molecule has 0 heterocycles. The summed E-state index contributed by atoms with van der Waals surface area (Å²) in [5.41, 5.74) is 5.95. The average molecular weight is 253 g/mol. The van der Waals surface area contributed by atoms with Crippen LogP contribution in [0.2, 0.25) is 0 Å². The smallest absolute Gasteiger partial charge is 0.00462 e. The minimum absolute atomic E-state index is 0.840. The molecule has 0 saturated heterocycles. The molecule has 0 aromatic carbocycles. The second kappa shape index (κ2) is 10.8. The quantitative estimate of drug-likeness (QED) is 0.439. The number of hydrogen-bond donors (Lipinski definition) is 1. The SMILES string of the molecule is CCCCCCCCCC1CCCCCC1CN. The highest BCUT2D eigenvalue weighted by atomic mass is 14.6. The van der Waals surface area contributed by atoms with Gasteiger partial charge in [-0.2, -0.15) is 0 Å². The van der Waals surface area contributed by atoms with Gasteiger partial charge in [-0.3, -0.25) is 0 Å². The van der Waals surface area contributed by atoms with Crippen LogP contribution in [-0.2, 0) is 0 Å². The van der Waals surface area contributed by atoms with E-state index in [0.717, 1.165) is 18.4 Å². The minimum atomic E-state index is 0.840. The van der Waals surface area contributed by atoms with Crippen molar-refractivity contribution in [2.24, 2.45) is 17.6 Å². The molecule has 0 spiro atoms. The van der Waals surface area contributed by atoms with Crippen molar-refractivity contribution >= 4 is 0 Å². The maximum Gasteiger partial charge on any atom is -0.00462 e. The van der Waals surface area contributed by atoms with Crippen LogP contribution < -0.4 is 5.73 Å². The number of unbranched alkanes of at least 4 members (excludes halogenated alkanes) is 6. The molecule has 1 heteroatoms. The first kappa shape index (κ1) is 16.0. The fourth-order valence-corrected chi connectivity index (χ4v) is 3.52. The molecule has 2 unspecified atom stereocenters. The predicted molar refractivity (Wildman–Crippen MR) is 81.7 cm³/mol. The van der Waals surface area contributed by atoms with Crippen molar-refractivity contribution in [3.05, 3.63) is 0 Å². The van der Waals surface area contributed by atoms with Gasteiger partial charge in [0.15, 0.2) is 0 Å². The van der Waals surface area contributed by atoms with E-state index in [1.54, 1.807) is 0 Å². The van der Waals surface area contributed by atoms with Crippen LogP contribution >= 0.6 is 0 Å². The summed E-state index contributed by atoms with van der Waals surface area (Å²) < 4.78 is 0. The molecule has 0 aromatic rings. The van der Waals surface area contributed by atoms with Gasteiger partial charge in [0.25, 0.3) is 0 Å². The van der Waals surface area contributed by atoms with Crippen LogP contribution in [0.5, 0.6) is 0 Å². The largest absolute Gasteiger partial charge is 0.330 e. The van der Waals surface area contributed by atoms with E-state index in [4.69, 9.17) is 5.73 Å². The molecule has 18 heavy (non-hydrogen) atoms. The molecular formula is C17H35N. The van der Waals surface area contributed by atoms with Gasteiger partial charge in [-0.25, -0.2) is 0 Å². The molecule has 2 N–H and O–H groups in total. The summed E-state index contributed by atoms with van der Waals surface area (Å²) in [5, 5.41) is 0. The molecule has 0 aliphatic heterocycles. The van der Waals surface area contributed by atoms with Gasteiger partial charge in [-0.05, 0) is 24.8 Å². The number of hydrogen-bond acceptors (Lipinski definition) is 1. The van der Waals surface area contributed by atoms with Crippen molar-refractivity contribution in [1.29, 1.82) is 0 Å². The lowest BCUT2D eigenvalue weighted by Gasteiger charge is -2.23. The lowest BCUT2D eigenvalue weighted by Crippen LogP contribution is -2.22. The van der Waals surface area contributed by atoms with Crippen molar-refractivity contribution in [2.45, 2.75) is 90.4 Å². The Hall–Kier alpha value is -0.0400. The maximum absolute atomic E-state index is 5.95. The molecule has 1 nitrogen and oxygen atoms in total. The first-order chi connectivity index (χ1) is 8.88. The third-order valence-corrected chi connectivity index (χ3v) is 4.80. The van der Waals surface area contributed by atoms with Gasteiger partial charge < -0.3 is 5.73 Å². The van der Waals surface area contributed by atoms with Crippen LogP contribution in [0.25, 0.3) is 0 Å². The van der Waals surface area contributed by atoms with Gasteiger partial charge in [-0.15, -0.1) is 0 Å². The molecule has 0 aromatic heterocycles. The Kier molecular flexibility index (Phi) is 9.65. The standard InChI is InChI=1S/C17H35N/c1-2-3-4-5-6-7-9-12-16-13-10-8-11-14-17(16)15-18/h16-17H,2-15,18H2,1H3. The van der Waals surface area contributed by atoms with Crippen molar-refractivity contribution < 1.29 is 0 Å². The third-order valence-electron chi connectivity index (χ3n) is 4.80. The summed E-state index contributed by atoms with van der Waals surface area (Å²) in [5.74, 6) is 1.79. The van der Waals surface area contributed by atoms with Gasteiger partial charge in [0.2, 0.25) is 0 Å². The molecule has 1 saturated carbocycles. The van der Waals surface area contributed by atoms with E-state index in [-0.39, 0.29) is 0 Å². The van der Waals surface area contributed by atoms with E-state index >= 15 is 0 Å². The Labute approximate surface area is 115 Å². The average Bonchev–Trinajstić information content (AvgIpc) is 2.62. The second-order valence-electron chi connectivity index (χ2n) is 6.30. The van der Waals surface area contributed by atoms with E-state index in [2.05, 4.69) is 6.92 Å². The number of rotatable bonds is 9. The Balaban J connectivity index is 2.05. The molecule has 0 radical (unpaired) electrons. The van der Waals surface area contributed by atoms with Crippen molar-refractivity contribution in [3.8, 4) is 0 Å². The zero-order valence-corrected chi connectivity index (χ0v) is 12.6. The van der Waals surface area contributed by atoms with Crippen LogP contribution in [0.1, 0.15) is 90.4 Å². The highest BCUT2D eigenvalue weighted by molar-refractivity contribution is 4.74. The van der Waals surface area contributed by atoms with E-state index in [1.165, 1.54) is 83.5 Å². The maximum atomic E-state index is 5.95. The van der Waals surface area contributed by atoms with Gasteiger partial charge in [-0.1, -0.05) is 84.0 Å². The molecule has 1 aliphatic rings. The predicted octanol–water partition coefficient (Wildman–Crippen LogP) is 5.28. The zero-order chi connectivity index (χ0) is 13.1. The normalized spacial score (nSPS) is 25.0. The first-order valence-corrected chi connectivity index (χ1v) is 8.58. The Bertz CT molecular complexity index is 178. The van der Waals surface area contributed by atoms with E-state index < -0.39 is 0 Å². The van der Waals surface area contributed by atoms with Gasteiger partial charge in [0.1, 0.15) is 0 Å². The second-order valence-corrected chi connectivity index (χ2v) is 6.30. The zero-order valence-electron chi connectivity index (χ0n) is 12.6. The highest BCUT2D eigenvalue weighted by Gasteiger charge is 2.21. The molecule has 108 valence electrons. The molecule has 0 amide bonds. The van der Waals surface area contributed by atoms with Gasteiger partial charge in [0.05, 0.1) is 0 Å². The summed E-state index contributed by atoms with van der Waals surface area (Å²) >= 11 is 0. The van der Waals surface area contributed by atoms with Crippen molar-refractivity contribution in [3.63, 3.8) is 0 Å². The Morgan fingerprint density at radius 1 is 0.778 bits per heavy atom. The highest BCUT2D eigenvalue weighted by Crippen LogP contribution is 2.31.